The maximum atomic E-state index is 11.3. The molecule has 0 spiro atoms. The number of carbonyl (C=O) groups excluding carboxylic acids is 1. The zero-order chi connectivity index (χ0) is 10.3. The van der Waals surface area contributed by atoms with Crippen molar-refractivity contribution in [3.63, 3.8) is 0 Å². The first-order valence-corrected chi connectivity index (χ1v) is 5.27. The van der Waals surface area contributed by atoms with Gasteiger partial charge < -0.3 is 5.11 Å². The number of rotatable bonds is 7. The molecule has 1 unspecified atom stereocenters. The molecule has 0 fully saturated rings. The zero-order valence-electron chi connectivity index (χ0n) is 9.05. The van der Waals surface area contributed by atoms with Gasteiger partial charge >= 0.3 is 0 Å². The first-order valence-electron chi connectivity index (χ1n) is 5.27. The molecule has 0 amide bonds. The molecule has 13 heavy (non-hydrogen) atoms. The molecular weight excluding hydrogens is 164 g/mol. The Hall–Kier alpha value is -0.370. The average molecular weight is 186 g/mol. The maximum Gasteiger partial charge on any atom is 0.135 e. The first kappa shape index (κ1) is 12.6. The number of carbonyl (C=O) groups is 1. The lowest BCUT2D eigenvalue weighted by Gasteiger charge is -2.12. The quantitative estimate of drug-likeness (QED) is 0.620. The van der Waals surface area contributed by atoms with E-state index in [0.717, 1.165) is 19.3 Å². The third-order valence-electron chi connectivity index (χ3n) is 2.27. The fraction of sp³-hybridized carbons (Fsp3) is 0.909. The Labute approximate surface area is 81.3 Å². The molecule has 78 valence electrons. The molecule has 0 heterocycles. The summed E-state index contributed by atoms with van der Waals surface area (Å²) < 4.78 is 0. The third-order valence-corrected chi connectivity index (χ3v) is 2.27. The second-order valence-electron chi connectivity index (χ2n) is 4.01. The Balaban J connectivity index is 3.50. The fourth-order valence-electron chi connectivity index (χ4n) is 1.14. The lowest BCUT2D eigenvalue weighted by atomic mass is 9.99. The van der Waals surface area contributed by atoms with E-state index in [-0.39, 0.29) is 11.7 Å². The van der Waals surface area contributed by atoms with Crippen molar-refractivity contribution in [1.82, 2.24) is 0 Å². The molecule has 0 rings (SSSR count). The van der Waals surface area contributed by atoms with Crippen LogP contribution in [0.1, 0.15) is 52.9 Å². The molecule has 0 aliphatic carbocycles. The number of unbranched alkanes of at least 4 members (excludes halogenated alkanes) is 2. The van der Waals surface area contributed by atoms with Crippen molar-refractivity contribution in [2.45, 2.75) is 59.0 Å². The Morgan fingerprint density at radius 3 is 2.38 bits per heavy atom. The van der Waals surface area contributed by atoms with Gasteiger partial charge in [-0.1, -0.05) is 33.6 Å². The van der Waals surface area contributed by atoms with E-state index < -0.39 is 6.10 Å². The van der Waals surface area contributed by atoms with E-state index in [2.05, 4.69) is 6.92 Å². The molecular formula is C11H22O2. The van der Waals surface area contributed by atoms with E-state index in [9.17, 15) is 9.90 Å². The van der Waals surface area contributed by atoms with Gasteiger partial charge in [-0.05, 0) is 12.3 Å². The van der Waals surface area contributed by atoms with Crippen molar-refractivity contribution in [3.8, 4) is 0 Å². The largest absolute Gasteiger partial charge is 0.392 e. The molecule has 0 aromatic carbocycles. The second kappa shape index (κ2) is 7.07. The second-order valence-corrected chi connectivity index (χ2v) is 4.01. The van der Waals surface area contributed by atoms with Gasteiger partial charge in [0.1, 0.15) is 5.78 Å². The summed E-state index contributed by atoms with van der Waals surface area (Å²) in [6.45, 7) is 5.99. The lowest BCUT2D eigenvalue weighted by Crippen LogP contribution is -2.19. The van der Waals surface area contributed by atoms with Crippen molar-refractivity contribution in [2.75, 3.05) is 0 Å². The SMILES string of the molecule is CCCCCC(=O)CC(O)C(C)C. The van der Waals surface area contributed by atoms with Gasteiger partial charge in [-0.3, -0.25) is 4.79 Å². The van der Waals surface area contributed by atoms with Crippen LogP contribution in [0, 0.1) is 5.92 Å². The van der Waals surface area contributed by atoms with Gasteiger partial charge in [0, 0.05) is 12.8 Å². The molecule has 0 saturated carbocycles. The van der Waals surface area contributed by atoms with Crippen molar-refractivity contribution >= 4 is 5.78 Å². The summed E-state index contributed by atoms with van der Waals surface area (Å²) in [5.74, 6) is 0.393. The average Bonchev–Trinajstić information content (AvgIpc) is 2.04. The Morgan fingerprint density at radius 1 is 1.31 bits per heavy atom. The van der Waals surface area contributed by atoms with Gasteiger partial charge in [0.2, 0.25) is 0 Å². The highest BCUT2D eigenvalue weighted by Gasteiger charge is 2.13. The Kier molecular flexibility index (Phi) is 6.87. The lowest BCUT2D eigenvalue weighted by molar-refractivity contribution is -0.121. The number of aliphatic hydroxyl groups excluding tert-OH is 1. The van der Waals surface area contributed by atoms with Gasteiger partial charge in [0.05, 0.1) is 6.10 Å². The van der Waals surface area contributed by atoms with Crippen LogP contribution >= 0.6 is 0 Å². The van der Waals surface area contributed by atoms with E-state index in [1.807, 2.05) is 13.8 Å². The van der Waals surface area contributed by atoms with Crippen LogP contribution in [0.5, 0.6) is 0 Å². The summed E-state index contributed by atoms with van der Waals surface area (Å²) >= 11 is 0. The van der Waals surface area contributed by atoms with Gasteiger partial charge in [-0.15, -0.1) is 0 Å². The monoisotopic (exact) mass is 186 g/mol. The van der Waals surface area contributed by atoms with E-state index in [4.69, 9.17) is 0 Å². The third kappa shape index (κ3) is 6.76. The zero-order valence-corrected chi connectivity index (χ0v) is 9.05. The van der Waals surface area contributed by atoms with Crippen LogP contribution in [0.25, 0.3) is 0 Å². The van der Waals surface area contributed by atoms with Crippen LogP contribution in [0.4, 0.5) is 0 Å². The summed E-state index contributed by atoms with van der Waals surface area (Å²) in [4.78, 5) is 11.3. The predicted molar refractivity (Wildman–Crippen MR) is 54.6 cm³/mol. The molecule has 0 aliphatic rings. The summed E-state index contributed by atoms with van der Waals surface area (Å²) in [7, 11) is 0. The van der Waals surface area contributed by atoms with Gasteiger partial charge in [0.15, 0.2) is 0 Å². The molecule has 2 heteroatoms. The van der Waals surface area contributed by atoms with E-state index >= 15 is 0 Å². The summed E-state index contributed by atoms with van der Waals surface area (Å²) in [5.41, 5.74) is 0. The number of ketones is 1. The summed E-state index contributed by atoms with van der Waals surface area (Å²) in [6, 6.07) is 0. The van der Waals surface area contributed by atoms with Crippen LogP contribution in [-0.2, 0) is 4.79 Å². The maximum absolute atomic E-state index is 11.3. The van der Waals surface area contributed by atoms with Crippen LogP contribution in [0.15, 0.2) is 0 Å². The van der Waals surface area contributed by atoms with Gasteiger partial charge in [-0.2, -0.15) is 0 Å². The Morgan fingerprint density at radius 2 is 1.92 bits per heavy atom. The van der Waals surface area contributed by atoms with Crippen LogP contribution in [0.2, 0.25) is 0 Å². The number of Topliss-reactive ketones (excluding diaryl/α,β-unsaturated/α-hetero) is 1. The fourth-order valence-corrected chi connectivity index (χ4v) is 1.14. The number of hydrogen-bond acceptors (Lipinski definition) is 2. The van der Waals surface area contributed by atoms with Crippen molar-refractivity contribution < 1.29 is 9.90 Å². The molecule has 0 saturated heterocycles. The molecule has 0 radical (unpaired) electrons. The minimum Gasteiger partial charge on any atom is -0.392 e. The highest BCUT2D eigenvalue weighted by Crippen LogP contribution is 2.09. The van der Waals surface area contributed by atoms with Crippen molar-refractivity contribution in [2.24, 2.45) is 5.92 Å². The Bertz CT molecular complexity index is 141. The topological polar surface area (TPSA) is 37.3 Å². The molecule has 0 aliphatic heterocycles. The normalized spacial score (nSPS) is 13.3. The smallest absolute Gasteiger partial charge is 0.135 e. The van der Waals surface area contributed by atoms with E-state index in [1.165, 1.54) is 0 Å². The van der Waals surface area contributed by atoms with Gasteiger partial charge in [0.25, 0.3) is 0 Å². The van der Waals surface area contributed by atoms with Gasteiger partial charge in [-0.25, -0.2) is 0 Å². The number of hydrogen-bond donors (Lipinski definition) is 1. The van der Waals surface area contributed by atoms with E-state index in [0.29, 0.717) is 12.8 Å². The van der Waals surface area contributed by atoms with Crippen LogP contribution in [0.3, 0.4) is 0 Å². The van der Waals surface area contributed by atoms with Crippen LogP contribution in [-0.4, -0.2) is 17.0 Å². The minimum absolute atomic E-state index is 0.190. The molecule has 1 N–H and O–H groups in total. The molecule has 0 aromatic rings. The number of aliphatic hydroxyl groups is 1. The van der Waals surface area contributed by atoms with Crippen molar-refractivity contribution in [1.29, 1.82) is 0 Å². The summed E-state index contributed by atoms with van der Waals surface area (Å²) in [6.07, 6.45) is 3.75. The molecule has 1 atom stereocenters. The highest BCUT2D eigenvalue weighted by molar-refractivity contribution is 5.78. The summed E-state index contributed by atoms with van der Waals surface area (Å²) in [5, 5.41) is 9.43. The van der Waals surface area contributed by atoms with Crippen molar-refractivity contribution in [3.05, 3.63) is 0 Å². The standard InChI is InChI=1S/C11H22O2/c1-4-5-6-7-10(12)8-11(13)9(2)3/h9,11,13H,4-8H2,1-3H3. The predicted octanol–water partition coefficient (Wildman–Crippen LogP) is 2.54. The van der Waals surface area contributed by atoms with E-state index in [1.54, 1.807) is 0 Å². The molecule has 2 nitrogen and oxygen atoms in total. The van der Waals surface area contributed by atoms with Crippen LogP contribution < -0.4 is 0 Å². The minimum atomic E-state index is -0.450. The molecule has 0 aromatic heterocycles. The highest BCUT2D eigenvalue weighted by atomic mass is 16.3. The molecule has 0 bridgehead atoms. The first-order chi connectivity index (χ1) is 6.07.